The van der Waals surface area contributed by atoms with Crippen LogP contribution in [0.5, 0.6) is 6.01 Å². The number of methoxy groups -OCH3 is 1. The van der Waals surface area contributed by atoms with Crippen LogP contribution < -0.4 is 15.4 Å². The molecule has 2 rings (SSSR count). The first-order chi connectivity index (χ1) is 9.71. The van der Waals surface area contributed by atoms with Gasteiger partial charge in [-0.25, -0.2) is 4.39 Å². The van der Waals surface area contributed by atoms with E-state index in [4.69, 9.17) is 4.74 Å². The van der Waals surface area contributed by atoms with Gasteiger partial charge in [0.25, 0.3) is 0 Å². The van der Waals surface area contributed by atoms with E-state index in [0.29, 0.717) is 18.4 Å². The van der Waals surface area contributed by atoms with Gasteiger partial charge in [0.05, 0.1) is 7.11 Å². The Balaban J connectivity index is 1.94. The molecule has 0 atom stereocenters. The first-order valence-electron chi connectivity index (χ1n) is 6.17. The van der Waals surface area contributed by atoms with Gasteiger partial charge in [-0.05, 0) is 24.1 Å². The second-order valence-electron chi connectivity index (χ2n) is 4.02. The van der Waals surface area contributed by atoms with Crippen molar-refractivity contribution in [3.63, 3.8) is 0 Å². The predicted molar refractivity (Wildman–Crippen MR) is 74.5 cm³/mol. The SMILES string of the molecule is CNc1nc(NCCc2ccc(F)cc2)nc(OC)n1. The van der Waals surface area contributed by atoms with Crippen molar-refractivity contribution < 1.29 is 9.13 Å². The summed E-state index contributed by atoms with van der Waals surface area (Å²) >= 11 is 0. The minimum atomic E-state index is -0.234. The fourth-order valence-electron chi connectivity index (χ4n) is 1.61. The van der Waals surface area contributed by atoms with E-state index in [-0.39, 0.29) is 11.8 Å². The third-order valence-corrected chi connectivity index (χ3v) is 2.63. The lowest BCUT2D eigenvalue weighted by molar-refractivity contribution is 0.379. The van der Waals surface area contributed by atoms with Gasteiger partial charge in [-0.15, -0.1) is 0 Å². The number of nitrogens with one attached hydrogen (secondary N) is 2. The number of hydrogen-bond donors (Lipinski definition) is 2. The van der Waals surface area contributed by atoms with E-state index >= 15 is 0 Å². The summed E-state index contributed by atoms with van der Waals surface area (Å²) in [4.78, 5) is 12.3. The van der Waals surface area contributed by atoms with Crippen LogP contribution in [-0.4, -0.2) is 35.7 Å². The number of hydrogen-bond acceptors (Lipinski definition) is 6. The van der Waals surface area contributed by atoms with Crippen molar-refractivity contribution in [2.24, 2.45) is 0 Å². The molecule has 0 saturated carbocycles. The van der Waals surface area contributed by atoms with Crippen LogP contribution in [0.2, 0.25) is 0 Å². The first-order valence-corrected chi connectivity index (χ1v) is 6.17. The van der Waals surface area contributed by atoms with E-state index in [2.05, 4.69) is 25.6 Å². The van der Waals surface area contributed by atoms with Gasteiger partial charge in [0.1, 0.15) is 5.82 Å². The van der Waals surface area contributed by atoms with Crippen LogP contribution in [0.3, 0.4) is 0 Å². The summed E-state index contributed by atoms with van der Waals surface area (Å²) in [6.45, 7) is 0.627. The quantitative estimate of drug-likeness (QED) is 0.837. The highest BCUT2D eigenvalue weighted by molar-refractivity contribution is 5.35. The minimum Gasteiger partial charge on any atom is -0.467 e. The molecule has 2 aromatic rings. The molecule has 1 aromatic carbocycles. The molecule has 0 aliphatic heterocycles. The predicted octanol–water partition coefficient (Wildman–Crippen LogP) is 1.72. The maximum Gasteiger partial charge on any atom is 0.322 e. The number of anilines is 2. The summed E-state index contributed by atoms with van der Waals surface area (Å²) < 4.78 is 17.8. The van der Waals surface area contributed by atoms with Gasteiger partial charge >= 0.3 is 6.01 Å². The molecule has 0 aliphatic rings. The largest absolute Gasteiger partial charge is 0.467 e. The van der Waals surface area contributed by atoms with Crippen LogP contribution in [0.15, 0.2) is 24.3 Å². The molecule has 0 bridgehead atoms. The second kappa shape index (κ2) is 6.65. The van der Waals surface area contributed by atoms with Gasteiger partial charge < -0.3 is 15.4 Å². The molecule has 1 heterocycles. The maximum absolute atomic E-state index is 12.8. The molecule has 0 radical (unpaired) electrons. The molecule has 0 aliphatic carbocycles. The molecule has 6 nitrogen and oxygen atoms in total. The van der Waals surface area contributed by atoms with Gasteiger partial charge in [0.15, 0.2) is 0 Å². The Morgan fingerprint density at radius 2 is 1.80 bits per heavy atom. The molecule has 0 saturated heterocycles. The Morgan fingerprint density at radius 1 is 1.10 bits per heavy atom. The van der Waals surface area contributed by atoms with E-state index < -0.39 is 0 Å². The topological polar surface area (TPSA) is 72.0 Å². The summed E-state index contributed by atoms with van der Waals surface area (Å²) in [5, 5.41) is 5.91. The molecule has 0 spiro atoms. The average molecular weight is 277 g/mol. The van der Waals surface area contributed by atoms with Crippen molar-refractivity contribution in [2.45, 2.75) is 6.42 Å². The van der Waals surface area contributed by atoms with E-state index in [1.807, 2.05) is 0 Å². The second-order valence-corrected chi connectivity index (χ2v) is 4.02. The zero-order chi connectivity index (χ0) is 14.4. The molecule has 20 heavy (non-hydrogen) atoms. The molecule has 0 fully saturated rings. The average Bonchev–Trinajstić information content (AvgIpc) is 2.49. The van der Waals surface area contributed by atoms with Crippen molar-refractivity contribution >= 4 is 11.9 Å². The fourth-order valence-corrected chi connectivity index (χ4v) is 1.61. The van der Waals surface area contributed by atoms with Gasteiger partial charge in [0.2, 0.25) is 11.9 Å². The van der Waals surface area contributed by atoms with E-state index in [1.165, 1.54) is 19.2 Å². The van der Waals surface area contributed by atoms with Crippen LogP contribution in [0.4, 0.5) is 16.3 Å². The molecular formula is C13H16FN5O. The highest BCUT2D eigenvalue weighted by Gasteiger charge is 2.05. The van der Waals surface area contributed by atoms with Gasteiger partial charge in [-0.1, -0.05) is 12.1 Å². The molecule has 7 heteroatoms. The van der Waals surface area contributed by atoms with Gasteiger partial charge in [-0.3, -0.25) is 0 Å². The summed E-state index contributed by atoms with van der Waals surface area (Å²) in [7, 11) is 3.22. The maximum atomic E-state index is 12.8. The first kappa shape index (κ1) is 14.0. The molecule has 0 unspecified atom stereocenters. The Morgan fingerprint density at radius 3 is 2.45 bits per heavy atom. The summed E-state index contributed by atoms with van der Waals surface area (Å²) in [5.41, 5.74) is 1.04. The third kappa shape index (κ3) is 3.78. The van der Waals surface area contributed by atoms with E-state index in [9.17, 15) is 4.39 Å². The van der Waals surface area contributed by atoms with Crippen LogP contribution in [0.1, 0.15) is 5.56 Å². The lowest BCUT2D eigenvalue weighted by Crippen LogP contribution is -2.11. The van der Waals surface area contributed by atoms with Crippen LogP contribution in [0, 0.1) is 5.82 Å². The van der Waals surface area contributed by atoms with Crippen LogP contribution >= 0.6 is 0 Å². The Bertz CT molecular complexity index is 539. The highest BCUT2D eigenvalue weighted by atomic mass is 19.1. The monoisotopic (exact) mass is 277 g/mol. The summed E-state index contributed by atoms with van der Waals surface area (Å²) in [6, 6.07) is 6.64. The summed E-state index contributed by atoms with van der Waals surface area (Å²) in [5.74, 6) is 0.631. The highest BCUT2D eigenvalue weighted by Crippen LogP contribution is 2.10. The number of aromatic nitrogens is 3. The van der Waals surface area contributed by atoms with Crippen molar-refractivity contribution in [1.82, 2.24) is 15.0 Å². The Labute approximate surface area is 116 Å². The van der Waals surface area contributed by atoms with Crippen molar-refractivity contribution in [2.75, 3.05) is 31.3 Å². The number of nitrogens with zero attached hydrogens (tertiary/aromatic N) is 3. The summed E-state index contributed by atoms with van der Waals surface area (Å²) in [6.07, 6.45) is 0.739. The number of halogens is 1. The van der Waals surface area contributed by atoms with Crippen LogP contribution in [-0.2, 0) is 6.42 Å². The Kier molecular flexibility index (Phi) is 4.65. The van der Waals surface area contributed by atoms with E-state index in [1.54, 1.807) is 19.2 Å². The lowest BCUT2D eigenvalue weighted by Gasteiger charge is -2.07. The zero-order valence-corrected chi connectivity index (χ0v) is 11.4. The third-order valence-electron chi connectivity index (χ3n) is 2.63. The van der Waals surface area contributed by atoms with Crippen LogP contribution in [0.25, 0.3) is 0 Å². The molecular weight excluding hydrogens is 261 g/mol. The van der Waals surface area contributed by atoms with Gasteiger partial charge in [0, 0.05) is 13.6 Å². The molecule has 0 amide bonds. The van der Waals surface area contributed by atoms with Crippen molar-refractivity contribution in [3.8, 4) is 6.01 Å². The smallest absolute Gasteiger partial charge is 0.322 e. The van der Waals surface area contributed by atoms with Gasteiger partial charge in [-0.2, -0.15) is 15.0 Å². The minimum absolute atomic E-state index is 0.234. The zero-order valence-electron chi connectivity index (χ0n) is 11.4. The fraction of sp³-hybridized carbons (Fsp3) is 0.308. The van der Waals surface area contributed by atoms with E-state index in [0.717, 1.165) is 12.0 Å². The molecule has 106 valence electrons. The van der Waals surface area contributed by atoms with Crippen molar-refractivity contribution in [3.05, 3.63) is 35.6 Å². The molecule has 1 aromatic heterocycles. The number of ether oxygens (including phenoxy) is 1. The molecule has 2 N–H and O–H groups in total. The lowest BCUT2D eigenvalue weighted by atomic mass is 10.1. The number of benzene rings is 1. The normalized spacial score (nSPS) is 10.2. The standard InChI is InChI=1S/C13H16FN5O/c1-15-11-17-12(19-13(18-11)20-2)16-8-7-9-3-5-10(14)6-4-9/h3-6H,7-8H2,1-2H3,(H2,15,16,17,18,19). The van der Waals surface area contributed by atoms with Crippen molar-refractivity contribution in [1.29, 1.82) is 0 Å². The Hall–Kier alpha value is -2.44. The number of rotatable bonds is 6.